The molecule has 82 valence electrons. The monoisotopic (exact) mass is 218 g/mol. The summed E-state index contributed by atoms with van der Waals surface area (Å²) in [5, 5.41) is 5.79. The van der Waals surface area contributed by atoms with Gasteiger partial charge in [-0.25, -0.2) is 0 Å². The summed E-state index contributed by atoms with van der Waals surface area (Å²) < 4.78 is 0. The highest BCUT2D eigenvalue weighted by atomic mass is 32.2. The Bertz CT molecular complexity index is 195. The van der Waals surface area contributed by atoms with Gasteiger partial charge in [-0.2, -0.15) is 0 Å². The third-order valence-corrected chi connectivity index (χ3v) is 2.46. The van der Waals surface area contributed by atoms with Crippen molar-refractivity contribution in [1.29, 1.82) is 0 Å². The van der Waals surface area contributed by atoms with Crippen LogP contribution in [-0.4, -0.2) is 35.9 Å². The topological polar surface area (TPSA) is 58.2 Å². The predicted molar refractivity (Wildman–Crippen MR) is 59.3 cm³/mol. The van der Waals surface area contributed by atoms with Gasteiger partial charge in [-0.3, -0.25) is 9.59 Å². The van der Waals surface area contributed by atoms with Gasteiger partial charge in [0.25, 0.3) is 0 Å². The Balaban J connectivity index is 3.31. The lowest BCUT2D eigenvalue weighted by Crippen LogP contribution is -2.34. The van der Waals surface area contributed by atoms with Crippen molar-refractivity contribution in [3.63, 3.8) is 0 Å². The van der Waals surface area contributed by atoms with Crippen LogP contribution < -0.4 is 10.6 Å². The van der Waals surface area contributed by atoms with Crippen molar-refractivity contribution >= 4 is 23.6 Å². The van der Waals surface area contributed by atoms with E-state index in [0.29, 0.717) is 24.1 Å². The van der Waals surface area contributed by atoms with Crippen LogP contribution in [0.4, 0.5) is 0 Å². The van der Waals surface area contributed by atoms with Gasteiger partial charge in [-0.15, -0.1) is 11.8 Å². The molecule has 0 unspecified atom stereocenters. The van der Waals surface area contributed by atoms with Gasteiger partial charge in [0, 0.05) is 20.0 Å². The van der Waals surface area contributed by atoms with Gasteiger partial charge in [0.1, 0.15) is 0 Å². The number of thioether (sulfide) groups is 1. The average molecular weight is 218 g/mol. The van der Waals surface area contributed by atoms with Gasteiger partial charge < -0.3 is 10.6 Å². The Morgan fingerprint density at radius 3 is 2.29 bits per heavy atom. The maximum atomic E-state index is 11.1. The van der Waals surface area contributed by atoms with Crippen LogP contribution in [0.25, 0.3) is 0 Å². The zero-order chi connectivity index (χ0) is 11.0. The predicted octanol–water partition coefficient (Wildman–Crippen LogP) is 0.380. The summed E-state index contributed by atoms with van der Waals surface area (Å²) in [6, 6.07) is 0. The second-order valence-electron chi connectivity index (χ2n) is 3.19. The highest BCUT2D eigenvalue weighted by molar-refractivity contribution is 8.00. The van der Waals surface area contributed by atoms with Crippen LogP contribution in [0, 0.1) is 0 Å². The first-order valence-electron chi connectivity index (χ1n) is 4.65. The van der Waals surface area contributed by atoms with Gasteiger partial charge in [-0.05, 0) is 5.25 Å². The van der Waals surface area contributed by atoms with Crippen molar-refractivity contribution in [2.24, 2.45) is 0 Å². The Hall–Kier alpha value is -0.710. The molecule has 0 rings (SSSR count). The fraction of sp³-hybridized carbons (Fsp3) is 0.778. The maximum absolute atomic E-state index is 11.1. The third-order valence-electron chi connectivity index (χ3n) is 1.37. The fourth-order valence-electron chi connectivity index (χ4n) is 0.734. The fourth-order valence-corrected chi connectivity index (χ4v) is 1.32. The van der Waals surface area contributed by atoms with Crippen LogP contribution in [0.2, 0.25) is 0 Å². The molecule has 0 heterocycles. The van der Waals surface area contributed by atoms with Gasteiger partial charge in [-0.1, -0.05) is 13.8 Å². The third kappa shape index (κ3) is 9.38. The summed E-state index contributed by atoms with van der Waals surface area (Å²) in [5.74, 6) is 0.433. The summed E-state index contributed by atoms with van der Waals surface area (Å²) in [6.07, 6.45) is 0. The van der Waals surface area contributed by atoms with E-state index in [1.807, 2.05) is 0 Å². The molecule has 2 N–H and O–H groups in total. The molecule has 0 saturated heterocycles. The Morgan fingerprint density at radius 2 is 1.79 bits per heavy atom. The summed E-state index contributed by atoms with van der Waals surface area (Å²) >= 11 is 1.60. The van der Waals surface area contributed by atoms with Gasteiger partial charge in [0.15, 0.2) is 0 Å². The maximum Gasteiger partial charge on any atom is 0.230 e. The Kier molecular flexibility index (Phi) is 7.28. The molecular formula is C9H18N2O2S. The molecule has 0 fully saturated rings. The van der Waals surface area contributed by atoms with E-state index < -0.39 is 0 Å². The molecule has 0 saturated carbocycles. The normalized spacial score (nSPS) is 10.0. The van der Waals surface area contributed by atoms with Crippen LogP contribution in [-0.2, 0) is 9.59 Å². The Labute approximate surface area is 89.2 Å². The van der Waals surface area contributed by atoms with E-state index in [-0.39, 0.29) is 11.8 Å². The number of rotatable bonds is 6. The lowest BCUT2D eigenvalue weighted by Gasteiger charge is -2.06. The van der Waals surface area contributed by atoms with Crippen LogP contribution >= 0.6 is 11.8 Å². The first kappa shape index (κ1) is 13.3. The molecule has 0 aliphatic carbocycles. The molecule has 0 aromatic heterocycles. The van der Waals surface area contributed by atoms with Crippen LogP contribution in [0.5, 0.6) is 0 Å². The molecule has 0 aromatic rings. The van der Waals surface area contributed by atoms with Gasteiger partial charge in [0.05, 0.1) is 5.75 Å². The van der Waals surface area contributed by atoms with Crippen molar-refractivity contribution in [2.45, 2.75) is 26.0 Å². The highest BCUT2D eigenvalue weighted by Gasteiger charge is 2.02. The minimum Gasteiger partial charge on any atom is -0.355 e. The molecule has 0 spiro atoms. The smallest absolute Gasteiger partial charge is 0.230 e. The molecule has 0 atom stereocenters. The molecule has 0 aliphatic heterocycles. The SMILES string of the molecule is CC(=O)NCCNC(=O)CSC(C)C. The number of carbonyl (C=O) groups is 2. The van der Waals surface area contributed by atoms with Crippen molar-refractivity contribution < 1.29 is 9.59 Å². The second-order valence-corrected chi connectivity index (χ2v) is 4.76. The number of nitrogens with one attached hydrogen (secondary N) is 2. The van der Waals surface area contributed by atoms with E-state index in [9.17, 15) is 9.59 Å². The molecule has 14 heavy (non-hydrogen) atoms. The quantitative estimate of drug-likeness (QED) is 0.634. The lowest BCUT2D eigenvalue weighted by atomic mass is 10.5. The van der Waals surface area contributed by atoms with Crippen molar-refractivity contribution in [1.82, 2.24) is 10.6 Å². The summed E-state index contributed by atoms with van der Waals surface area (Å²) in [7, 11) is 0. The van der Waals surface area contributed by atoms with E-state index in [1.54, 1.807) is 11.8 Å². The van der Waals surface area contributed by atoms with Crippen LogP contribution in [0.15, 0.2) is 0 Å². The lowest BCUT2D eigenvalue weighted by molar-refractivity contribution is -0.120. The van der Waals surface area contributed by atoms with E-state index in [0.717, 1.165) is 0 Å². The molecule has 0 radical (unpaired) electrons. The number of hydrogen-bond acceptors (Lipinski definition) is 3. The second kappa shape index (κ2) is 7.67. The molecule has 0 aromatic carbocycles. The zero-order valence-electron chi connectivity index (χ0n) is 8.92. The minimum absolute atomic E-state index is 0.0223. The van der Waals surface area contributed by atoms with Crippen molar-refractivity contribution in [2.75, 3.05) is 18.8 Å². The molecule has 0 bridgehead atoms. The van der Waals surface area contributed by atoms with Crippen molar-refractivity contribution in [3.8, 4) is 0 Å². The Morgan fingerprint density at radius 1 is 1.21 bits per heavy atom. The van der Waals surface area contributed by atoms with E-state index in [2.05, 4.69) is 24.5 Å². The number of amides is 2. The van der Waals surface area contributed by atoms with Crippen LogP contribution in [0.3, 0.4) is 0 Å². The average Bonchev–Trinajstić information content (AvgIpc) is 2.08. The molecule has 4 nitrogen and oxygen atoms in total. The highest BCUT2D eigenvalue weighted by Crippen LogP contribution is 2.07. The van der Waals surface area contributed by atoms with Gasteiger partial charge in [0.2, 0.25) is 11.8 Å². The molecule has 5 heteroatoms. The summed E-state index contributed by atoms with van der Waals surface area (Å²) in [6.45, 7) is 6.55. The first-order valence-corrected chi connectivity index (χ1v) is 5.70. The summed E-state index contributed by atoms with van der Waals surface area (Å²) in [5.41, 5.74) is 0. The van der Waals surface area contributed by atoms with Crippen molar-refractivity contribution in [3.05, 3.63) is 0 Å². The zero-order valence-corrected chi connectivity index (χ0v) is 9.74. The number of carbonyl (C=O) groups excluding carboxylic acids is 2. The molecule has 2 amide bonds. The largest absolute Gasteiger partial charge is 0.355 e. The van der Waals surface area contributed by atoms with Gasteiger partial charge >= 0.3 is 0 Å². The molecule has 0 aliphatic rings. The number of hydrogen-bond donors (Lipinski definition) is 2. The standard InChI is InChI=1S/C9H18N2O2S/c1-7(2)14-6-9(13)11-5-4-10-8(3)12/h7H,4-6H2,1-3H3,(H,10,12)(H,11,13). The van der Waals surface area contributed by atoms with E-state index >= 15 is 0 Å². The van der Waals surface area contributed by atoms with E-state index in [1.165, 1.54) is 6.92 Å². The molecular weight excluding hydrogens is 200 g/mol. The van der Waals surface area contributed by atoms with Crippen LogP contribution in [0.1, 0.15) is 20.8 Å². The minimum atomic E-state index is -0.0733. The first-order chi connectivity index (χ1) is 6.52. The van der Waals surface area contributed by atoms with E-state index in [4.69, 9.17) is 0 Å². The summed E-state index contributed by atoms with van der Waals surface area (Å²) in [4.78, 5) is 21.6.